The normalized spacial score (nSPS) is 20.8. The van der Waals surface area contributed by atoms with E-state index in [0.717, 1.165) is 25.7 Å². The van der Waals surface area contributed by atoms with Gasteiger partial charge in [-0.1, -0.05) is 50.4 Å². The third kappa shape index (κ3) is 6.10. The maximum atomic E-state index is 13.3. The van der Waals surface area contributed by atoms with Crippen LogP contribution in [0.25, 0.3) is 0 Å². The molecule has 1 saturated heterocycles. The quantitative estimate of drug-likeness (QED) is 0.204. The van der Waals surface area contributed by atoms with Gasteiger partial charge in [-0.05, 0) is 33.9 Å². The minimum Gasteiger partial charge on any atom is -0.477 e. The van der Waals surface area contributed by atoms with Gasteiger partial charge in [-0.2, -0.15) is 0 Å². The highest BCUT2D eigenvalue weighted by Crippen LogP contribution is 2.41. The van der Waals surface area contributed by atoms with Gasteiger partial charge in [0.2, 0.25) is 11.1 Å². The first-order valence-electron chi connectivity index (χ1n) is 11.8. The Balaban J connectivity index is 1.45. The molecular formula is C22H28N6O5S4. The summed E-state index contributed by atoms with van der Waals surface area (Å²) in [5.74, 6) is -1.39. The van der Waals surface area contributed by atoms with Crippen molar-refractivity contribution in [2.75, 3.05) is 11.5 Å². The number of carbonyl (C=O) groups excluding carboxylic acids is 2. The Morgan fingerprint density at radius 3 is 2.81 bits per heavy atom. The van der Waals surface area contributed by atoms with Crippen LogP contribution in [0.4, 0.5) is 0 Å². The first-order valence-corrected chi connectivity index (χ1v) is 16.0. The Morgan fingerprint density at radius 1 is 1.35 bits per heavy atom. The van der Waals surface area contributed by atoms with E-state index < -0.39 is 45.2 Å². The van der Waals surface area contributed by atoms with E-state index >= 15 is 0 Å². The van der Waals surface area contributed by atoms with Gasteiger partial charge in [0.1, 0.15) is 22.4 Å². The first-order chi connectivity index (χ1) is 17.8. The minimum absolute atomic E-state index is 0.0554. The Labute approximate surface area is 229 Å². The molecule has 2 aliphatic rings. The van der Waals surface area contributed by atoms with E-state index in [0.29, 0.717) is 32.9 Å². The summed E-state index contributed by atoms with van der Waals surface area (Å²) in [6, 6.07) is 2.69. The zero-order valence-electron chi connectivity index (χ0n) is 20.4. The summed E-state index contributed by atoms with van der Waals surface area (Å²) in [5, 5.41) is 25.0. The van der Waals surface area contributed by atoms with Crippen molar-refractivity contribution in [2.24, 2.45) is 7.05 Å². The molecule has 0 bridgehead atoms. The number of hydrogen-bond acceptors (Lipinski definition) is 10. The summed E-state index contributed by atoms with van der Waals surface area (Å²) in [7, 11) is 0.160. The van der Waals surface area contributed by atoms with Crippen LogP contribution < -0.4 is 5.32 Å². The second kappa shape index (κ2) is 12.5. The Kier molecular flexibility index (Phi) is 9.42. The maximum absolute atomic E-state index is 13.3. The van der Waals surface area contributed by atoms with E-state index in [1.165, 1.54) is 44.4 Å². The predicted octanol–water partition coefficient (Wildman–Crippen LogP) is 2.25. The summed E-state index contributed by atoms with van der Waals surface area (Å²) >= 11 is 4.03. The van der Waals surface area contributed by atoms with Crippen molar-refractivity contribution in [3.63, 3.8) is 0 Å². The van der Waals surface area contributed by atoms with Crippen LogP contribution in [0, 0.1) is 0 Å². The van der Waals surface area contributed by atoms with E-state index in [9.17, 15) is 23.7 Å². The van der Waals surface area contributed by atoms with E-state index in [1.54, 1.807) is 19.2 Å². The van der Waals surface area contributed by atoms with E-state index in [2.05, 4.69) is 27.8 Å². The van der Waals surface area contributed by atoms with Crippen LogP contribution in [0.3, 0.4) is 0 Å². The van der Waals surface area contributed by atoms with Crippen LogP contribution in [-0.4, -0.2) is 80.4 Å². The number of nitrogens with one attached hydrogen (secondary N) is 1. The number of carboxylic acid groups (broad SMARTS) is 1. The van der Waals surface area contributed by atoms with Crippen molar-refractivity contribution in [3.8, 4) is 0 Å². The number of fused-ring (bicyclic) bond motifs is 1. The number of carbonyl (C=O) groups is 3. The molecule has 2 aromatic rings. The van der Waals surface area contributed by atoms with Gasteiger partial charge in [-0.25, -0.2) is 9.48 Å². The van der Waals surface area contributed by atoms with Crippen LogP contribution >= 0.6 is 34.9 Å². The van der Waals surface area contributed by atoms with Crippen molar-refractivity contribution in [1.29, 1.82) is 0 Å². The summed E-state index contributed by atoms with van der Waals surface area (Å²) < 4.78 is 15.3. The molecule has 200 valence electrons. The number of carboxylic acids is 1. The number of thioether (sulfide) groups is 2. The zero-order chi connectivity index (χ0) is 26.5. The molecule has 2 aromatic heterocycles. The van der Waals surface area contributed by atoms with Crippen LogP contribution in [-0.2, 0) is 32.2 Å². The van der Waals surface area contributed by atoms with Gasteiger partial charge >= 0.3 is 5.97 Å². The zero-order valence-corrected chi connectivity index (χ0v) is 23.6. The van der Waals surface area contributed by atoms with Gasteiger partial charge < -0.3 is 10.4 Å². The van der Waals surface area contributed by atoms with Gasteiger partial charge in [-0.3, -0.25) is 18.7 Å². The molecule has 4 rings (SSSR count). The first kappa shape index (κ1) is 27.8. The number of rotatable bonds is 13. The number of hydrogen-bond donors (Lipinski definition) is 2. The van der Waals surface area contributed by atoms with Gasteiger partial charge in [0.15, 0.2) is 0 Å². The maximum Gasteiger partial charge on any atom is 0.352 e. The number of thiophene rings is 1. The van der Waals surface area contributed by atoms with Gasteiger partial charge in [0.05, 0.1) is 15.0 Å². The standard InChI is InChI=1S/C22H28N6O5S4/c1-3-4-5-6-8-14(37(33)15-9-7-10-34-15)18(29)23-16-19(30)28-17(21(31)32)13(11-35-20(16)28)12-36-22-24-25-26-27(22)2/h7,9-10,14,16,20H,3-6,8,11-12H2,1-2H3,(H,23,29)(H,31,32)/t14?,16?,20-,37?/m1/s1. The molecule has 0 aliphatic carbocycles. The second-order valence-electron chi connectivity index (χ2n) is 8.59. The number of aryl methyl sites for hydroxylation is 1. The molecule has 0 saturated carbocycles. The summed E-state index contributed by atoms with van der Waals surface area (Å²) in [4.78, 5) is 39.7. The fraction of sp³-hybridized carbons (Fsp3) is 0.545. The molecule has 0 aromatic carbocycles. The van der Waals surface area contributed by atoms with Crippen LogP contribution in [0.1, 0.15) is 39.0 Å². The highest BCUT2D eigenvalue weighted by molar-refractivity contribution is 8.01. The third-order valence-electron chi connectivity index (χ3n) is 6.07. The van der Waals surface area contributed by atoms with Crippen LogP contribution in [0.15, 0.2) is 38.1 Å². The fourth-order valence-corrected chi connectivity index (χ4v) is 8.96. The monoisotopic (exact) mass is 584 g/mol. The number of tetrazole rings is 1. The van der Waals surface area contributed by atoms with Crippen molar-refractivity contribution in [1.82, 2.24) is 30.4 Å². The number of β-lactam (4-membered cyclic amide) rings is 1. The third-order valence-corrected chi connectivity index (χ3v) is 11.4. The molecule has 0 radical (unpaired) electrons. The molecule has 4 atom stereocenters. The number of amides is 2. The topological polar surface area (TPSA) is 147 Å². The average Bonchev–Trinajstić information content (AvgIpc) is 3.57. The number of aromatic nitrogens is 4. The molecule has 2 aliphatic heterocycles. The lowest BCUT2D eigenvalue weighted by Gasteiger charge is -2.49. The molecule has 15 heteroatoms. The second-order valence-corrected chi connectivity index (χ2v) is 13.5. The van der Waals surface area contributed by atoms with Crippen molar-refractivity contribution < 1.29 is 23.7 Å². The van der Waals surface area contributed by atoms with E-state index in [4.69, 9.17) is 0 Å². The van der Waals surface area contributed by atoms with Gasteiger partial charge in [-0.15, -0.1) is 28.2 Å². The van der Waals surface area contributed by atoms with Crippen molar-refractivity contribution in [2.45, 2.75) is 65.1 Å². The minimum atomic E-state index is -1.53. The average molecular weight is 585 g/mol. The lowest BCUT2D eigenvalue weighted by Crippen LogP contribution is -2.71. The molecule has 1 fully saturated rings. The summed E-state index contributed by atoms with van der Waals surface area (Å²) in [6.45, 7) is 2.10. The lowest BCUT2D eigenvalue weighted by atomic mass is 10.0. The SMILES string of the molecule is CCCCCCC(C(=O)NC1C(=O)N2C(C(=O)O)=C(CSc3nnnn3C)CS[C@H]12)S(=O)c1cccs1. The largest absolute Gasteiger partial charge is 0.477 e. The predicted molar refractivity (Wildman–Crippen MR) is 142 cm³/mol. The van der Waals surface area contributed by atoms with E-state index in [-0.39, 0.29) is 5.70 Å². The highest BCUT2D eigenvalue weighted by atomic mass is 32.2. The van der Waals surface area contributed by atoms with Crippen molar-refractivity contribution >= 4 is 63.4 Å². The fourth-order valence-electron chi connectivity index (χ4n) is 4.15. The Morgan fingerprint density at radius 2 is 2.16 bits per heavy atom. The van der Waals surface area contributed by atoms with Gasteiger partial charge in [0.25, 0.3) is 5.91 Å². The summed E-state index contributed by atoms with van der Waals surface area (Å²) in [6.07, 6.45) is 4.24. The molecule has 3 unspecified atom stereocenters. The molecule has 2 N–H and O–H groups in total. The molecule has 2 amide bonds. The number of aliphatic carboxylic acids is 1. The van der Waals surface area contributed by atoms with Gasteiger partial charge in [0, 0.05) is 18.6 Å². The number of unbranched alkanes of at least 4 members (excludes halogenated alkanes) is 3. The molecule has 11 nitrogen and oxygen atoms in total. The molecule has 4 heterocycles. The molecule has 37 heavy (non-hydrogen) atoms. The van der Waals surface area contributed by atoms with Crippen LogP contribution in [0.5, 0.6) is 0 Å². The Bertz CT molecular complexity index is 1200. The van der Waals surface area contributed by atoms with Crippen LogP contribution in [0.2, 0.25) is 0 Å². The van der Waals surface area contributed by atoms with Crippen molar-refractivity contribution in [3.05, 3.63) is 28.8 Å². The Hall–Kier alpha value is -2.23. The summed E-state index contributed by atoms with van der Waals surface area (Å²) in [5.41, 5.74) is 0.535. The molecular weight excluding hydrogens is 557 g/mol. The van der Waals surface area contributed by atoms with E-state index in [1.807, 2.05) is 5.38 Å². The highest BCUT2D eigenvalue weighted by Gasteiger charge is 2.54. The smallest absolute Gasteiger partial charge is 0.352 e. The number of nitrogens with zero attached hydrogens (tertiary/aromatic N) is 5. The molecule has 0 spiro atoms. The lowest BCUT2D eigenvalue weighted by molar-refractivity contribution is -0.150.